The SMILES string of the molecule is CCCCOC(=O)C(C)(C)c1cc(O)c2c(c1)OC(C)(C)C1CC[C@@H](CO)CC21. The number of aliphatic hydroxyl groups is 1. The lowest BCUT2D eigenvalue weighted by Crippen LogP contribution is -2.47. The van der Waals surface area contributed by atoms with Gasteiger partial charge in [0, 0.05) is 18.1 Å². The maximum atomic E-state index is 12.7. The first kappa shape index (κ1) is 21.9. The molecule has 2 N–H and O–H groups in total. The number of phenols is 1. The van der Waals surface area contributed by atoms with Crippen LogP contribution in [0.15, 0.2) is 12.1 Å². The summed E-state index contributed by atoms with van der Waals surface area (Å²) in [7, 11) is 0. The van der Waals surface area contributed by atoms with Crippen molar-refractivity contribution in [2.75, 3.05) is 13.2 Å². The number of esters is 1. The average Bonchev–Trinajstić information content (AvgIpc) is 2.66. The van der Waals surface area contributed by atoms with Gasteiger partial charge in [-0.2, -0.15) is 0 Å². The standard InChI is InChI=1S/C24H36O5/c1-6-7-10-28-22(27)23(2,3)16-12-19(26)21-17-11-15(14-25)8-9-18(17)24(4,5)29-20(21)13-16/h12-13,15,17-18,25-26H,6-11,14H2,1-5H3/t15-,17?,18?/m1/s1. The molecule has 0 amide bonds. The molecule has 0 spiro atoms. The van der Waals surface area contributed by atoms with Gasteiger partial charge in [0.1, 0.15) is 17.1 Å². The molecule has 0 saturated heterocycles. The maximum Gasteiger partial charge on any atom is 0.315 e. The number of rotatable bonds is 6. The molecule has 3 atom stereocenters. The molecule has 2 aliphatic rings. The number of hydrogen-bond donors (Lipinski definition) is 2. The molecular weight excluding hydrogens is 368 g/mol. The minimum atomic E-state index is -0.884. The number of carbonyl (C=O) groups excluding carboxylic acids is 1. The van der Waals surface area contributed by atoms with Crippen LogP contribution in [0.2, 0.25) is 0 Å². The van der Waals surface area contributed by atoms with Crippen LogP contribution in [0.5, 0.6) is 11.5 Å². The van der Waals surface area contributed by atoms with Crippen LogP contribution in [-0.4, -0.2) is 35.0 Å². The summed E-state index contributed by atoms with van der Waals surface area (Å²) in [6.45, 7) is 10.5. The molecule has 1 aromatic rings. The van der Waals surface area contributed by atoms with E-state index in [1.54, 1.807) is 6.07 Å². The van der Waals surface area contributed by atoms with Gasteiger partial charge in [0.25, 0.3) is 0 Å². The molecule has 3 rings (SSSR count). The van der Waals surface area contributed by atoms with Gasteiger partial charge in [-0.1, -0.05) is 13.3 Å². The molecule has 162 valence electrons. The first-order valence-corrected chi connectivity index (χ1v) is 11.0. The predicted molar refractivity (Wildman–Crippen MR) is 112 cm³/mol. The fraction of sp³-hybridized carbons (Fsp3) is 0.708. The molecule has 0 aromatic heterocycles. The Labute approximate surface area is 174 Å². The average molecular weight is 405 g/mol. The van der Waals surface area contributed by atoms with Crippen molar-refractivity contribution in [3.63, 3.8) is 0 Å². The highest BCUT2D eigenvalue weighted by Crippen LogP contribution is 2.56. The number of hydrogen-bond acceptors (Lipinski definition) is 5. The molecule has 1 fully saturated rings. The fourth-order valence-electron chi connectivity index (χ4n) is 4.97. The molecule has 1 heterocycles. The lowest BCUT2D eigenvalue weighted by molar-refractivity contribution is -0.149. The van der Waals surface area contributed by atoms with E-state index in [4.69, 9.17) is 9.47 Å². The Hall–Kier alpha value is -1.75. The molecule has 1 aliphatic heterocycles. The Balaban J connectivity index is 1.96. The van der Waals surface area contributed by atoms with Crippen LogP contribution in [0.3, 0.4) is 0 Å². The summed E-state index contributed by atoms with van der Waals surface area (Å²) in [5.74, 6) is 1.23. The monoisotopic (exact) mass is 404 g/mol. The molecule has 2 unspecified atom stereocenters. The Bertz CT molecular complexity index is 752. The minimum Gasteiger partial charge on any atom is -0.508 e. The van der Waals surface area contributed by atoms with E-state index < -0.39 is 5.41 Å². The molecule has 0 bridgehead atoms. The summed E-state index contributed by atoms with van der Waals surface area (Å²) < 4.78 is 11.8. The van der Waals surface area contributed by atoms with Crippen LogP contribution < -0.4 is 4.74 Å². The van der Waals surface area contributed by atoms with Gasteiger partial charge in [0.15, 0.2) is 0 Å². The van der Waals surface area contributed by atoms with Gasteiger partial charge < -0.3 is 19.7 Å². The number of unbranched alkanes of at least 4 members (excludes halogenated alkanes) is 1. The van der Waals surface area contributed by atoms with Crippen molar-refractivity contribution in [3.8, 4) is 11.5 Å². The molecule has 29 heavy (non-hydrogen) atoms. The van der Waals surface area contributed by atoms with Gasteiger partial charge >= 0.3 is 5.97 Å². The molecular formula is C24H36O5. The molecule has 1 aromatic carbocycles. The largest absolute Gasteiger partial charge is 0.508 e. The number of phenolic OH excluding ortho intramolecular Hbond substituents is 1. The fourth-order valence-corrected chi connectivity index (χ4v) is 4.97. The first-order valence-electron chi connectivity index (χ1n) is 11.0. The summed E-state index contributed by atoms with van der Waals surface area (Å²) in [6.07, 6.45) is 4.60. The van der Waals surface area contributed by atoms with Gasteiger partial charge in [-0.05, 0) is 82.9 Å². The van der Waals surface area contributed by atoms with Crippen LogP contribution >= 0.6 is 0 Å². The molecule has 1 saturated carbocycles. The van der Waals surface area contributed by atoms with E-state index in [0.29, 0.717) is 23.8 Å². The first-order chi connectivity index (χ1) is 13.6. The van der Waals surface area contributed by atoms with E-state index in [9.17, 15) is 15.0 Å². The van der Waals surface area contributed by atoms with Crippen LogP contribution in [0.1, 0.15) is 83.8 Å². The van der Waals surface area contributed by atoms with Crippen molar-refractivity contribution >= 4 is 5.97 Å². The molecule has 5 heteroatoms. The second kappa shape index (κ2) is 8.17. The summed E-state index contributed by atoms with van der Waals surface area (Å²) in [5, 5.41) is 20.7. The third-order valence-electron chi connectivity index (χ3n) is 6.94. The predicted octanol–water partition coefficient (Wildman–Crippen LogP) is 4.68. The number of aromatic hydroxyl groups is 1. The van der Waals surface area contributed by atoms with Crippen molar-refractivity contribution in [2.45, 2.75) is 83.7 Å². The number of aliphatic hydroxyl groups excluding tert-OH is 1. The Morgan fingerprint density at radius 2 is 2.03 bits per heavy atom. The third kappa shape index (κ3) is 4.11. The van der Waals surface area contributed by atoms with E-state index >= 15 is 0 Å². The summed E-state index contributed by atoms with van der Waals surface area (Å²) >= 11 is 0. The lowest BCUT2D eigenvalue weighted by atomic mass is 9.63. The van der Waals surface area contributed by atoms with Crippen molar-refractivity contribution in [2.24, 2.45) is 11.8 Å². The molecule has 5 nitrogen and oxygen atoms in total. The van der Waals surface area contributed by atoms with Gasteiger partial charge in [-0.3, -0.25) is 4.79 Å². The minimum absolute atomic E-state index is 0.147. The summed E-state index contributed by atoms with van der Waals surface area (Å²) in [5.41, 5.74) is 0.269. The van der Waals surface area contributed by atoms with Crippen LogP contribution in [0.25, 0.3) is 0 Å². The second-order valence-corrected chi connectivity index (χ2v) is 9.80. The Morgan fingerprint density at radius 1 is 1.31 bits per heavy atom. The van der Waals surface area contributed by atoms with Gasteiger partial charge in [-0.15, -0.1) is 0 Å². The smallest absolute Gasteiger partial charge is 0.315 e. The van der Waals surface area contributed by atoms with E-state index in [0.717, 1.165) is 37.7 Å². The maximum absolute atomic E-state index is 12.7. The number of carbonyl (C=O) groups is 1. The molecule has 1 aliphatic carbocycles. The highest BCUT2D eigenvalue weighted by molar-refractivity contribution is 5.82. The topological polar surface area (TPSA) is 76.0 Å². The van der Waals surface area contributed by atoms with Crippen molar-refractivity contribution in [1.82, 2.24) is 0 Å². The van der Waals surface area contributed by atoms with Crippen LogP contribution in [0, 0.1) is 11.8 Å². The normalized spacial score (nSPS) is 25.5. The highest BCUT2D eigenvalue weighted by Gasteiger charge is 2.48. The number of fused-ring (bicyclic) bond motifs is 3. The number of benzene rings is 1. The van der Waals surface area contributed by atoms with Gasteiger partial charge in [0.2, 0.25) is 0 Å². The third-order valence-corrected chi connectivity index (χ3v) is 6.94. The van der Waals surface area contributed by atoms with E-state index in [2.05, 4.69) is 20.8 Å². The van der Waals surface area contributed by atoms with Crippen LogP contribution in [0.4, 0.5) is 0 Å². The quantitative estimate of drug-likeness (QED) is 0.532. The molecule has 0 radical (unpaired) electrons. The second-order valence-electron chi connectivity index (χ2n) is 9.80. The van der Waals surface area contributed by atoms with Crippen molar-refractivity contribution < 1.29 is 24.5 Å². The van der Waals surface area contributed by atoms with E-state index in [1.807, 2.05) is 19.9 Å². The Kier molecular flexibility index (Phi) is 6.19. The zero-order chi connectivity index (χ0) is 21.4. The van der Waals surface area contributed by atoms with Gasteiger partial charge in [0.05, 0.1) is 12.0 Å². The lowest BCUT2D eigenvalue weighted by Gasteiger charge is -2.49. The Morgan fingerprint density at radius 3 is 2.69 bits per heavy atom. The van der Waals surface area contributed by atoms with Crippen LogP contribution in [-0.2, 0) is 14.9 Å². The van der Waals surface area contributed by atoms with E-state index in [-0.39, 0.29) is 35.8 Å². The zero-order valence-corrected chi connectivity index (χ0v) is 18.5. The van der Waals surface area contributed by atoms with Crippen molar-refractivity contribution in [1.29, 1.82) is 0 Å². The zero-order valence-electron chi connectivity index (χ0n) is 18.5. The van der Waals surface area contributed by atoms with Gasteiger partial charge in [-0.25, -0.2) is 0 Å². The van der Waals surface area contributed by atoms with Crippen molar-refractivity contribution in [3.05, 3.63) is 23.3 Å². The summed E-state index contributed by atoms with van der Waals surface area (Å²) in [6, 6.07) is 3.60. The highest BCUT2D eigenvalue weighted by atomic mass is 16.5. The summed E-state index contributed by atoms with van der Waals surface area (Å²) in [4.78, 5) is 12.7. The number of ether oxygens (including phenoxy) is 2. The van der Waals surface area contributed by atoms with E-state index in [1.165, 1.54) is 0 Å².